The maximum atomic E-state index is 12.6. The van der Waals surface area contributed by atoms with Gasteiger partial charge in [-0.3, -0.25) is 4.79 Å². The van der Waals surface area contributed by atoms with Crippen molar-refractivity contribution in [2.45, 2.75) is 57.9 Å². The first-order valence-corrected chi connectivity index (χ1v) is 11.6. The lowest BCUT2D eigenvalue weighted by Crippen LogP contribution is -2.41. The van der Waals surface area contributed by atoms with Crippen molar-refractivity contribution in [1.29, 1.82) is 0 Å². The fourth-order valence-electron chi connectivity index (χ4n) is 4.62. The fraction of sp³-hybridized carbons (Fsp3) is 0.652. The molecule has 0 unspecified atom stereocenters. The molecule has 2 aromatic rings. The molecule has 7 nitrogen and oxygen atoms in total. The van der Waals surface area contributed by atoms with Crippen molar-refractivity contribution in [2.75, 3.05) is 32.7 Å². The zero-order valence-corrected chi connectivity index (χ0v) is 18.0. The van der Waals surface area contributed by atoms with Crippen molar-refractivity contribution in [3.05, 3.63) is 30.3 Å². The second-order valence-electron chi connectivity index (χ2n) is 8.72. The first kappa shape index (κ1) is 21.0. The van der Waals surface area contributed by atoms with Crippen molar-refractivity contribution in [2.24, 2.45) is 5.92 Å². The summed E-state index contributed by atoms with van der Waals surface area (Å²) in [4.78, 5) is 18.9. The van der Waals surface area contributed by atoms with E-state index in [2.05, 4.69) is 25.2 Å². The highest BCUT2D eigenvalue weighted by molar-refractivity contribution is 5.76. The molecule has 1 amide bonds. The van der Waals surface area contributed by atoms with Crippen LogP contribution in [0, 0.1) is 5.92 Å². The Morgan fingerprint density at radius 1 is 0.967 bits per heavy atom. The van der Waals surface area contributed by atoms with Gasteiger partial charge in [-0.1, -0.05) is 43.2 Å². The van der Waals surface area contributed by atoms with Gasteiger partial charge in [0.2, 0.25) is 11.7 Å². The predicted octanol–water partition coefficient (Wildman–Crippen LogP) is 3.23. The Kier molecular flexibility index (Phi) is 7.45. The summed E-state index contributed by atoms with van der Waals surface area (Å²) in [7, 11) is 0. The minimum absolute atomic E-state index is 0.270. The second kappa shape index (κ2) is 10.7. The largest absolute Gasteiger partial charge is 0.343 e. The Labute approximate surface area is 179 Å². The monoisotopic (exact) mass is 410 g/mol. The number of amides is 1. The van der Waals surface area contributed by atoms with Crippen molar-refractivity contribution < 1.29 is 4.79 Å². The number of likely N-dealkylation sites (tertiary alicyclic amines) is 2. The molecule has 0 radical (unpaired) electrons. The molecule has 3 heterocycles. The predicted molar refractivity (Wildman–Crippen MR) is 117 cm³/mol. The minimum atomic E-state index is 0.270. The molecule has 0 saturated carbocycles. The minimum Gasteiger partial charge on any atom is -0.343 e. The third-order valence-corrected chi connectivity index (χ3v) is 6.42. The molecular formula is C23H34N6O. The number of aromatic nitrogens is 4. The molecule has 0 atom stereocenters. The maximum absolute atomic E-state index is 12.6. The highest BCUT2D eigenvalue weighted by Gasteiger charge is 2.24. The van der Waals surface area contributed by atoms with Crippen LogP contribution in [0.5, 0.6) is 0 Å². The van der Waals surface area contributed by atoms with Crippen LogP contribution >= 0.6 is 0 Å². The molecule has 2 aliphatic rings. The highest BCUT2D eigenvalue weighted by atomic mass is 16.2. The van der Waals surface area contributed by atoms with Crippen molar-refractivity contribution in [1.82, 2.24) is 30.0 Å². The standard InChI is InChI=1S/C23H34N6O/c30-22(11-8-16-29-25-23(24-26-29)21-9-4-3-5-10-21)28-17-12-20(13-18-28)19-27-14-6-1-2-7-15-27/h3-5,9-10,20H,1-2,6-8,11-19H2. The lowest BCUT2D eigenvalue weighted by Gasteiger charge is -2.34. The fourth-order valence-corrected chi connectivity index (χ4v) is 4.62. The molecule has 0 aliphatic carbocycles. The summed E-state index contributed by atoms with van der Waals surface area (Å²) in [5.41, 5.74) is 0.961. The van der Waals surface area contributed by atoms with Crippen LogP contribution in [0.3, 0.4) is 0 Å². The van der Waals surface area contributed by atoms with E-state index in [0.717, 1.165) is 43.8 Å². The number of hydrogen-bond donors (Lipinski definition) is 0. The molecule has 0 N–H and O–H groups in total. The molecule has 2 saturated heterocycles. The number of rotatable bonds is 7. The molecule has 30 heavy (non-hydrogen) atoms. The van der Waals surface area contributed by atoms with Gasteiger partial charge in [0.1, 0.15) is 0 Å². The highest BCUT2D eigenvalue weighted by Crippen LogP contribution is 2.21. The van der Waals surface area contributed by atoms with E-state index in [1.54, 1.807) is 4.80 Å². The zero-order valence-electron chi connectivity index (χ0n) is 18.0. The van der Waals surface area contributed by atoms with Crippen molar-refractivity contribution in [3.63, 3.8) is 0 Å². The van der Waals surface area contributed by atoms with Crippen LogP contribution in [0.2, 0.25) is 0 Å². The Balaban J connectivity index is 1.15. The van der Waals surface area contributed by atoms with E-state index in [0.29, 0.717) is 18.8 Å². The first-order valence-electron chi connectivity index (χ1n) is 11.6. The lowest BCUT2D eigenvalue weighted by molar-refractivity contribution is -0.132. The number of benzene rings is 1. The van der Waals surface area contributed by atoms with E-state index < -0.39 is 0 Å². The molecule has 162 valence electrons. The zero-order chi connectivity index (χ0) is 20.6. The van der Waals surface area contributed by atoms with Crippen LogP contribution in [-0.4, -0.2) is 68.6 Å². The molecule has 0 bridgehead atoms. The number of nitrogens with zero attached hydrogens (tertiary/aromatic N) is 6. The molecule has 2 aliphatic heterocycles. The smallest absolute Gasteiger partial charge is 0.222 e. The van der Waals surface area contributed by atoms with Crippen LogP contribution < -0.4 is 0 Å². The Morgan fingerprint density at radius 2 is 1.70 bits per heavy atom. The van der Waals surface area contributed by atoms with Crippen LogP contribution in [0.4, 0.5) is 0 Å². The van der Waals surface area contributed by atoms with Gasteiger partial charge in [-0.2, -0.15) is 4.80 Å². The van der Waals surface area contributed by atoms with E-state index in [4.69, 9.17) is 0 Å². The SMILES string of the molecule is O=C(CCCn1nnc(-c2ccccc2)n1)N1CCC(CN2CCCCCC2)CC1. The Hall–Kier alpha value is -2.28. The van der Waals surface area contributed by atoms with Gasteiger partial charge in [0.25, 0.3) is 0 Å². The molecule has 4 rings (SSSR count). The van der Waals surface area contributed by atoms with E-state index in [1.807, 2.05) is 30.3 Å². The summed E-state index contributed by atoms with van der Waals surface area (Å²) < 4.78 is 0. The number of tetrazole rings is 1. The summed E-state index contributed by atoms with van der Waals surface area (Å²) >= 11 is 0. The van der Waals surface area contributed by atoms with E-state index >= 15 is 0 Å². The summed E-state index contributed by atoms with van der Waals surface area (Å²) in [6, 6.07) is 9.84. The van der Waals surface area contributed by atoms with Gasteiger partial charge < -0.3 is 9.80 Å². The van der Waals surface area contributed by atoms with Gasteiger partial charge in [0.05, 0.1) is 6.54 Å². The average molecular weight is 411 g/mol. The summed E-state index contributed by atoms with van der Waals surface area (Å²) in [6.07, 6.45) is 9.08. The van der Waals surface area contributed by atoms with Gasteiger partial charge in [0, 0.05) is 31.6 Å². The van der Waals surface area contributed by atoms with Crippen molar-refractivity contribution >= 4 is 5.91 Å². The number of aryl methyl sites for hydroxylation is 1. The van der Waals surface area contributed by atoms with E-state index in [1.165, 1.54) is 45.3 Å². The number of piperidine rings is 1. The normalized spacial score (nSPS) is 19.0. The summed E-state index contributed by atoms with van der Waals surface area (Å²) in [5.74, 6) is 1.66. The van der Waals surface area contributed by atoms with Crippen LogP contribution in [0.15, 0.2) is 30.3 Å². The van der Waals surface area contributed by atoms with Gasteiger partial charge >= 0.3 is 0 Å². The quantitative estimate of drug-likeness (QED) is 0.701. The third-order valence-electron chi connectivity index (χ3n) is 6.42. The maximum Gasteiger partial charge on any atom is 0.222 e. The number of carbonyl (C=O) groups is 1. The summed E-state index contributed by atoms with van der Waals surface area (Å²) in [5, 5.41) is 12.7. The number of hydrogen-bond acceptors (Lipinski definition) is 5. The third kappa shape index (κ3) is 5.88. The molecule has 7 heteroatoms. The van der Waals surface area contributed by atoms with Crippen LogP contribution in [0.1, 0.15) is 51.4 Å². The Morgan fingerprint density at radius 3 is 2.43 bits per heavy atom. The molecule has 1 aromatic carbocycles. The van der Waals surface area contributed by atoms with Gasteiger partial charge in [0.15, 0.2) is 0 Å². The first-order chi connectivity index (χ1) is 14.8. The van der Waals surface area contributed by atoms with Crippen LogP contribution in [-0.2, 0) is 11.3 Å². The molecule has 1 aromatic heterocycles. The number of carbonyl (C=O) groups excluding carboxylic acids is 1. The average Bonchev–Trinajstić information content (AvgIpc) is 3.11. The lowest BCUT2D eigenvalue weighted by atomic mass is 9.95. The van der Waals surface area contributed by atoms with Crippen LogP contribution in [0.25, 0.3) is 11.4 Å². The molecular weight excluding hydrogens is 376 g/mol. The second-order valence-corrected chi connectivity index (χ2v) is 8.72. The molecule has 0 spiro atoms. The topological polar surface area (TPSA) is 67.2 Å². The molecule has 2 fully saturated rings. The Bertz CT molecular complexity index is 776. The van der Waals surface area contributed by atoms with E-state index in [9.17, 15) is 4.79 Å². The van der Waals surface area contributed by atoms with Gasteiger partial charge in [-0.05, 0) is 56.3 Å². The van der Waals surface area contributed by atoms with Crippen molar-refractivity contribution in [3.8, 4) is 11.4 Å². The van der Waals surface area contributed by atoms with E-state index in [-0.39, 0.29) is 5.91 Å². The van der Waals surface area contributed by atoms with Gasteiger partial charge in [-0.15, -0.1) is 10.2 Å². The van der Waals surface area contributed by atoms with Gasteiger partial charge in [-0.25, -0.2) is 0 Å². The summed E-state index contributed by atoms with van der Waals surface area (Å²) in [6.45, 7) is 6.21.